The third-order valence-electron chi connectivity index (χ3n) is 2.03. The zero-order valence-electron chi connectivity index (χ0n) is 8.10. The third-order valence-corrected chi connectivity index (χ3v) is 2.03. The molecule has 0 spiro atoms. The van der Waals surface area contributed by atoms with Crippen LogP contribution in [0.15, 0.2) is 18.2 Å². The van der Waals surface area contributed by atoms with Gasteiger partial charge in [-0.25, -0.2) is 8.78 Å². The van der Waals surface area contributed by atoms with Crippen LogP contribution in [0.4, 0.5) is 8.78 Å². The summed E-state index contributed by atoms with van der Waals surface area (Å²) in [6.45, 7) is 0. The van der Waals surface area contributed by atoms with E-state index in [2.05, 4.69) is 0 Å². The maximum Gasteiger partial charge on any atom is 0.306 e. The summed E-state index contributed by atoms with van der Waals surface area (Å²) in [6, 6.07) is 2.42. The molecule has 1 aromatic carbocycles. The van der Waals surface area contributed by atoms with Crippen LogP contribution >= 0.6 is 0 Å². The first-order chi connectivity index (χ1) is 7.41. The number of rotatable bonds is 4. The average molecular weight is 232 g/mol. The summed E-state index contributed by atoms with van der Waals surface area (Å²) in [5, 5.41) is 27.0. The van der Waals surface area contributed by atoms with Gasteiger partial charge in [0.05, 0.1) is 12.5 Å². The van der Waals surface area contributed by atoms with Gasteiger partial charge in [-0.2, -0.15) is 0 Å². The molecule has 0 heterocycles. The Morgan fingerprint density at radius 1 is 1.31 bits per heavy atom. The number of hydrogen-bond acceptors (Lipinski definition) is 3. The first kappa shape index (κ1) is 12.5. The van der Waals surface area contributed by atoms with Crippen LogP contribution < -0.4 is 0 Å². The van der Waals surface area contributed by atoms with Gasteiger partial charge in [0.2, 0.25) is 0 Å². The fourth-order valence-corrected chi connectivity index (χ4v) is 1.24. The van der Waals surface area contributed by atoms with E-state index >= 15 is 0 Å². The molecular formula is C10H10F2O4. The predicted molar refractivity (Wildman–Crippen MR) is 49.6 cm³/mol. The summed E-state index contributed by atoms with van der Waals surface area (Å²) in [4.78, 5) is 10.3. The first-order valence-corrected chi connectivity index (χ1v) is 4.44. The zero-order valence-corrected chi connectivity index (χ0v) is 8.10. The second-order valence-electron chi connectivity index (χ2n) is 3.28. The zero-order chi connectivity index (χ0) is 12.3. The SMILES string of the molecule is O=C(O)CC(O)C(O)c1ccc(F)cc1F. The molecule has 1 aromatic rings. The van der Waals surface area contributed by atoms with Crippen LogP contribution in [0.2, 0.25) is 0 Å². The van der Waals surface area contributed by atoms with Crippen LogP contribution in [0, 0.1) is 11.6 Å². The van der Waals surface area contributed by atoms with Gasteiger partial charge in [0, 0.05) is 11.6 Å². The van der Waals surface area contributed by atoms with Gasteiger partial charge in [0.25, 0.3) is 0 Å². The largest absolute Gasteiger partial charge is 0.481 e. The van der Waals surface area contributed by atoms with Crippen molar-refractivity contribution in [2.75, 3.05) is 0 Å². The van der Waals surface area contributed by atoms with Crippen molar-refractivity contribution < 1.29 is 28.9 Å². The Morgan fingerprint density at radius 3 is 2.44 bits per heavy atom. The average Bonchev–Trinajstić information content (AvgIpc) is 2.15. The van der Waals surface area contributed by atoms with Crippen molar-refractivity contribution in [3.8, 4) is 0 Å². The van der Waals surface area contributed by atoms with Crippen molar-refractivity contribution in [2.45, 2.75) is 18.6 Å². The minimum atomic E-state index is -1.70. The molecule has 0 aliphatic heterocycles. The van der Waals surface area contributed by atoms with E-state index in [0.717, 1.165) is 12.1 Å². The van der Waals surface area contributed by atoms with E-state index in [0.29, 0.717) is 6.07 Å². The molecule has 0 amide bonds. The monoisotopic (exact) mass is 232 g/mol. The number of aliphatic hydroxyl groups is 2. The summed E-state index contributed by atoms with van der Waals surface area (Å²) in [5.74, 6) is -3.17. The van der Waals surface area contributed by atoms with E-state index < -0.39 is 36.2 Å². The summed E-state index contributed by atoms with van der Waals surface area (Å²) in [7, 11) is 0. The molecule has 6 heteroatoms. The van der Waals surface area contributed by atoms with Gasteiger partial charge in [0.1, 0.15) is 17.7 Å². The van der Waals surface area contributed by atoms with Gasteiger partial charge in [-0.1, -0.05) is 6.07 Å². The Kier molecular flexibility index (Phi) is 3.92. The maximum absolute atomic E-state index is 13.1. The molecule has 2 unspecified atom stereocenters. The Morgan fingerprint density at radius 2 is 1.94 bits per heavy atom. The number of carboxylic acid groups (broad SMARTS) is 1. The second-order valence-corrected chi connectivity index (χ2v) is 3.28. The van der Waals surface area contributed by atoms with E-state index in [-0.39, 0.29) is 5.56 Å². The Labute approximate surface area is 89.8 Å². The van der Waals surface area contributed by atoms with Crippen LogP contribution in [-0.4, -0.2) is 27.4 Å². The molecule has 0 fully saturated rings. The van der Waals surface area contributed by atoms with Gasteiger partial charge in [-0.15, -0.1) is 0 Å². The fourth-order valence-electron chi connectivity index (χ4n) is 1.24. The molecule has 3 N–H and O–H groups in total. The highest BCUT2D eigenvalue weighted by Crippen LogP contribution is 2.22. The molecule has 0 aromatic heterocycles. The number of hydrogen-bond donors (Lipinski definition) is 3. The number of halogens is 2. The molecule has 0 aliphatic rings. The molecule has 1 rings (SSSR count). The molecule has 4 nitrogen and oxygen atoms in total. The van der Waals surface area contributed by atoms with Crippen LogP contribution in [-0.2, 0) is 4.79 Å². The smallest absolute Gasteiger partial charge is 0.306 e. The minimum Gasteiger partial charge on any atom is -0.481 e. The molecule has 0 saturated carbocycles. The Bertz CT molecular complexity index is 394. The highest BCUT2D eigenvalue weighted by atomic mass is 19.1. The number of carboxylic acids is 1. The van der Waals surface area contributed by atoms with Crippen molar-refractivity contribution in [1.29, 1.82) is 0 Å². The van der Waals surface area contributed by atoms with Crippen LogP contribution in [0.5, 0.6) is 0 Å². The standard InChI is InChI=1S/C10H10F2O4/c11-5-1-2-6(7(12)3-5)10(16)8(13)4-9(14)15/h1-3,8,10,13,16H,4H2,(H,14,15). The van der Waals surface area contributed by atoms with Crippen molar-refractivity contribution in [3.05, 3.63) is 35.4 Å². The molecule has 0 radical (unpaired) electrons. The highest BCUT2D eigenvalue weighted by Gasteiger charge is 2.23. The molecule has 0 bridgehead atoms. The number of aliphatic hydroxyl groups excluding tert-OH is 2. The predicted octanol–water partition coefficient (Wildman–Crippen LogP) is 0.834. The van der Waals surface area contributed by atoms with Gasteiger partial charge in [0.15, 0.2) is 0 Å². The molecule has 0 aliphatic carbocycles. The molecule has 0 saturated heterocycles. The van der Waals surface area contributed by atoms with E-state index in [9.17, 15) is 23.8 Å². The number of carbonyl (C=O) groups is 1. The molecule has 2 atom stereocenters. The Balaban J connectivity index is 2.87. The van der Waals surface area contributed by atoms with Gasteiger partial charge >= 0.3 is 5.97 Å². The summed E-state index contributed by atoms with van der Waals surface area (Å²) in [6.07, 6.45) is -4.06. The quantitative estimate of drug-likeness (QED) is 0.718. The normalized spacial score (nSPS) is 14.5. The number of benzene rings is 1. The van der Waals surface area contributed by atoms with Gasteiger partial charge in [-0.05, 0) is 6.07 Å². The fraction of sp³-hybridized carbons (Fsp3) is 0.300. The Hall–Kier alpha value is -1.53. The lowest BCUT2D eigenvalue weighted by atomic mass is 10.0. The summed E-state index contributed by atoms with van der Waals surface area (Å²) < 4.78 is 25.7. The number of aliphatic carboxylic acids is 1. The minimum absolute atomic E-state index is 0.338. The molecular weight excluding hydrogens is 222 g/mol. The van der Waals surface area contributed by atoms with Crippen LogP contribution in [0.3, 0.4) is 0 Å². The lowest BCUT2D eigenvalue weighted by Crippen LogP contribution is -2.22. The first-order valence-electron chi connectivity index (χ1n) is 4.44. The lowest BCUT2D eigenvalue weighted by molar-refractivity contribution is -0.141. The molecule has 88 valence electrons. The van der Waals surface area contributed by atoms with Crippen LogP contribution in [0.25, 0.3) is 0 Å². The molecule has 16 heavy (non-hydrogen) atoms. The third kappa shape index (κ3) is 2.98. The topological polar surface area (TPSA) is 77.8 Å². The summed E-state index contributed by atoms with van der Waals surface area (Å²) >= 11 is 0. The van der Waals surface area contributed by atoms with E-state index in [1.807, 2.05) is 0 Å². The summed E-state index contributed by atoms with van der Waals surface area (Å²) in [5.41, 5.74) is -0.338. The second kappa shape index (κ2) is 5.00. The van der Waals surface area contributed by atoms with Gasteiger partial charge in [-0.3, -0.25) is 4.79 Å². The van der Waals surface area contributed by atoms with E-state index in [1.54, 1.807) is 0 Å². The van der Waals surface area contributed by atoms with Crippen molar-refractivity contribution in [3.63, 3.8) is 0 Å². The van der Waals surface area contributed by atoms with E-state index in [1.165, 1.54) is 0 Å². The van der Waals surface area contributed by atoms with E-state index in [4.69, 9.17) is 5.11 Å². The van der Waals surface area contributed by atoms with Crippen molar-refractivity contribution >= 4 is 5.97 Å². The lowest BCUT2D eigenvalue weighted by Gasteiger charge is -2.16. The van der Waals surface area contributed by atoms with Crippen molar-refractivity contribution in [1.82, 2.24) is 0 Å². The van der Waals surface area contributed by atoms with Crippen LogP contribution in [0.1, 0.15) is 18.1 Å². The highest BCUT2D eigenvalue weighted by molar-refractivity contribution is 5.67. The van der Waals surface area contributed by atoms with Gasteiger partial charge < -0.3 is 15.3 Å². The van der Waals surface area contributed by atoms with Crippen molar-refractivity contribution in [2.24, 2.45) is 0 Å². The maximum atomic E-state index is 13.1.